The molecular formula is C34H46ClN3O10S2. The molecule has 0 saturated carbocycles. The summed E-state index contributed by atoms with van der Waals surface area (Å²) in [4.78, 5) is 53.9. The SMILES string of the molecule is COc1cc2cc(c1Cl)N(C)C(=O)CC(OC(=O)[C@@H](C)NC(=O)CSSC)C1(C)OC1C(C)C1CC(O)(NC(=O)O1)C(OC)/C=C/C=C(\C)C2. The molecular weight excluding hydrogens is 710 g/mol. The third-order valence-corrected chi connectivity index (χ3v) is 11.3. The molecule has 276 valence electrons. The fraction of sp³-hybridized carbons (Fsp3) is 0.588. The average Bonchev–Trinajstić information content (AvgIpc) is 3.76. The first-order chi connectivity index (χ1) is 23.6. The van der Waals surface area contributed by atoms with Gasteiger partial charge in [0.25, 0.3) is 0 Å². The zero-order chi connectivity index (χ0) is 37.0. The maximum atomic E-state index is 14.0. The van der Waals surface area contributed by atoms with Gasteiger partial charge in [-0.15, -0.1) is 0 Å². The number of halogens is 1. The van der Waals surface area contributed by atoms with Gasteiger partial charge in [0, 0.05) is 26.5 Å². The van der Waals surface area contributed by atoms with E-state index in [9.17, 15) is 24.3 Å². The Hall–Kier alpha value is -2.95. The van der Waals surface area contributed by atoms with Crippen molar-refractivity contribution < 1.29 is 48.0 Å². The highest BCUT2D eigenvalue weighted by molar-refractivity contribution is 8.76. The molecule has 3 amide bonds. The molecule has 13 nitrogen and oxygen atoms in total. The predicted molar refractivity (Wildman–Crippen MR) is 192 cm³/mol. The van der Waals surface area contributed by atoms with Crippen LogP contribution >= 0.6 is 33.2 Å². The minimum atomic E-state index is -1.82. The van der Waals surface area contributed by atoms with Gasteiger partial charge in [-0.3, -0.25) is 14.9 Å². The molecule has 50 heavy (non-hydrogen) atoms. The molecule has 1 aromatic rings. The second-order valence-corrected chi connectivity index (χ2v) is 15.9. The smallest absolute Gasteiger partial charge is 0.409 e. The van der Waals surface area contributed by atoms with Crippen molar-refractivity contribution in [3.63, 3.8) is 0 Å². The van der Waals surface area contributed by atoms with Crippen LogP contribution in [0.4, 0.5) is 10.5 Å². The van der Waals surface area contributed by atoms with Gasteiger partial charge in [0.15, 0.2) is 5.72 Å². The number of epoxide rings is 1. The summed E-state index contributed by atoms with van der Waals surface area (Å²) >= 11 is 6.72. The number of nitrogens with zero attached hydrogens (tertiary/aromatic N) is 1. The number of esters is 1. The summed E-state index contributed by atoms with van der Waals surface area (Å²) in [5.41, 5.74) is -0.891. The Kier molecular flexibility index (Phi) is 13.2. The van der Waals surface area contributed by atoms with Gasteiger partial charge in [-0.05, 0) is 51.1 Å². The number of carbonyl (C=O) groups excluding carboxylic acids is 4. The quantitative estimate of drug-likeness (QED) is 0.197. The number of nitrogens with one attached hydrogen (secondary N) is 2. The highest BCUT2D eigenvalue weighted by Gasteiger charge is 2.64. The number of amides is 3. The van der Waals surface area contributed by atoms with Gasteiger partial charge in [-0.2, -0.15) is 0 Å². The van der Waals surface area contributed by atoms with Crippen LogP contribution in [-0.2, 0) is 39.8 Å². The van der Waals surface area contributed by atoms with Crippen molar-refractivity contribution in [2.24, 2.45) is 5.92 Å². The van der Waals surface area contributed by atoms with E-state index in [1.54, 1.807) is 45.2 Å². The van der Waals surface area contributed by atoms with Gasteiger partial charge in [0.1, 0.15) is 40.7 Å². The van der Waals surface area contributed by atoms with Crippen LogP contribution in [0.25, 0.3) is 0 Å². The molecule has 2 fully saturated rings. The van der Waals surface area contributed by atoms with Crippen molar-refractivity contribution in [1.82, 2.24) is 10.6 Å². The number of fused-ring (bicyclic) bond motifs is 5. The van der Waals surface area contributed by atoms with E-state index in [1.807, 2.05) is 19.3 Å². The van der Waals surface area contributed by atoms with E-state index in [0.717, 1.165) is 11.1 Å². The normalized spacial score (nSPS) is 32.3. The first kappa shape index (κ1) is 39.8. The zero-order valence-electron chi connectivity index (χ0n) is 29.4. The molecule has 3 heterocycles. The summed E-state index contributed by atoms with van der Waals surface area (Å²) in [6.07, 6.45) is 2.82. The second-order valence-electron chi connectivity index (χ2n) is 12.9. The lowest BCUT2D eigenvalue weighted by Crippen LogP contribution is -2.63. The molecule has 16 heteroatoms. The largest absolute Gasteiger partial charge is 0.495 e. The number of carbonyl (C=O) groups is 4. The van der Waals surface area contributed by atoms with Gasteiger partial charge in [0.2, 0.25) is 11.8 Å². The van der Waals surface area contributed by atoms with Gasteiger partial charge in [0.05, 0.1) is 31.1 Å². The van der Waals surface area contributed by atoms with Crippen LogP contribution < -0.4 is 20.3 Å². The third kappa shape index (κ3) is 9.09. The summed E-state index contributed by atoms with van der Waals surface area (Å²) in [5, 5.41) is 17.0. The molecule has 0 aliphatic carbocycles. The molecule has 4 bridgehead atoms. The van der Waals surface area contributed by atoms with Crippen molar-refractivity contribution >= 4 is 62.8 Å². The number of hydrogen-bond acceptors (Lipinski definition) is 12. The van der Waals surface area contributed by atoms with Crippen molar-refractivity contribution in [2.75, 3.05) is 38.2 Å². The van der Waals surface area contributed by atoms with Gasteiger partial charge in [-0.25, -0.2) is 9.59 Å². The van der Waals surface area contributed by atoms with Gasteiger partial charge < -0.3 is 39.0 Å². The van der Waals surface area contributed by atoms with E-state index in [0.29, 0.717) is 17.9 Å². The number of anilines is 1. The molecule has 0 spiro atoms. The highest BCUT2D eigenvalue weighted by Crippen LogP contribution is 2.49. The maximum Gasteiger partial charge on any atom is 0.409 e. The van der Waals surface area contributed by atoms with Crippen LogP contribution in [0, 0.1) is 5.92 Å². The molecule has 4 rings (SSSR count). The highest BCUT2D eigenvalue weighted by atomic mass is 35.5. The Morgan fingerprint density at radius 2 is 2.00 bits per heavy atom. The molecule has 0 aromatic heterocycles. The summed E-state index contributed by atoms with van der Waals surface area (Å²) in [6.45, 7) is 6.93. The number of aliphatic hydroxyl groups is 1. The fourth-order valence-corrected chi connectivity index (χ4v) is 7.60. The minimum absolute atomic E-state index is 0.0469. The Morgan fingerprint density at radius 1 is 1.28 bits per heavy atom. The van der Waals surface area contributed by atoms with Crippen molar-refractivity contribution in [1.29, 1.82) is 0 Å². The number of ether oxygens (including phenoxy) is 5. The zero-order valence-corrected chi connectivity index (χ0v) is 31.8. The Bertz CT molecular complexity index is 1530. The average molecular weight is 756 g/mol. The predicted octanol–water partition coefficient (Wildman–Crippen LogP) is 4.18. The number of methoxy groups -OCH3 is 2. The Balaban J connectivity index is 1.75. The summed E-state index contributed by atoms with van der Waals surface area (Å²) in [6, 6.07) is 2.56. The van der Waals surface area contributed by atoms with Crippen LogP contribution in [-0.4, -0.2) is 104 Å². The first-order valence-corrected chi connectivity index (χ1v) is 19.2. The summed E-state index contributed by atoms with van der Waals surface area (Å²) < 4.78 is 29.0. The molecule has 0 radical (unpaired) electrons. The fourth-order valence-electron chi connectivity index (χ4n) is 6.30. The number of allylic oxidation sites excluding steroid dienone is 3. The molecule has 3 aliphatic heterocycles. The number of hydrogen-bond donors (Lipinski definition) is 3. The van der Waals surface area contributed by atoms with Gasteiger partial charge in [-0.1, -0.05) is 63.9 Å². The van der Waals surface area contributed by atoms with Crippen LogP contribution in [0.2, 0.25) is 5.02 Å². The van der Waals surface area contributed by atoms with E-state index in [2.05, 4.69) is 10.6 Å². The van der Waals surface area contributed by atoms with Crippen LogP contribution in [0.5, 0.6) is 5.75 Å². The first-order valence-electron chi connectivity index (χ1n) is 16.1. The maximum absolute atomic E-state index is 14.0. The molecule has 8 atom stereocenters. The monoisotopic (exact) mass is 755 g/mol. The number of rotatable bonds is 8. The van der Waals surface area contributed by atoms with Crippen LogP contribution in [0.1, 0.15) is 46.1 Å². The second kappa shape index (κ2) is 16.6. The Labute approximate surface area is 305 Å². The van der Waals surface area contributed by atoms with Crippen molar-refractivity contribution in [3.05, 3.63) is 46.5 Å². The minimum Gasteiger partial charge on any atom is -0.495 e. The lowest BCUT2D eigenvalue weighted by Gasteiger charge is -2.42. The topological polar surface area (TPSA) is 165 Å². The standard InChI is InChI=1S/C34H46ClN3O10S2/c1-18-10-9-11-25(45-7)34(43)16-24(46-32(42)37-34)19(2)30-33(4,48-30)26(47-31(41)20(3)36-27(39)17-50-49-8)15-28(40)38(5)22-13-21(12-18)14-23(44-6)29(22)35/h9-11,13-14,19-20,24-26,30,43H,12,15-17H2,1-8H3,(H,36,39)(H,37,42)/b11-9+,18-10+/t19?,20-,24?,25?,26?,30?,33?,34?/m1/s1. The number of alkyl carbamates (subject to hydrolysis) is 1. The number of benzene rings is 1. The van der Waals surface area contributed by atoms with E-state index in [-0.39, 0.29) is 29.5 Å². The molecule has 3 N–H and O–H groups in total. The summed E-state index contributed by atoms with van der Waals surface area (Å²) in [5.74, 6) is -1.53. The lowest BCUT2D eigenvalue weighted by atomic mass is 9.83. The third-order valence-electron chi connectivity index (χ3n) is 9.25. The van der Waals surface area contributed by atoms with Crippen molar-refractivity contribution in [3.8, 4) is 5.75 Å². The van der Waals surface area contributed by atoms with E-state index in [1.165, 1.54) is 47.6 Å². The lowest BCUT2D eigenvalue weighted by molar-refractivity contribution is -0.156. The van der Waals surface area contributed by atoms with E-state index in [4.69, 9.17) is 35.3 Å². The summed E-state index contributed by atoms with van der Waals surface area (Å²) in [7, 11) is 7.24. The van der Waals surface area contributed by atoms with Crippen LogP contribution in [0.15, 0.2) is 35.9 Å². The molecule has 3 aliphatic rings. The Morgan fingerprint density at radius 3 is 2.66 bits per heavy atom. The van der Waals surface area contributed by atoms with Crippen molar-refractivity contribution in [2.45, 2.75) is 88.7 Å². The van der Waals surface area contributed by atoms with Crippen LogP contribution in [0.3, 0.4) is 0 Å². The van der Waals surface area contributed by atoms with Gasteiger partial charge >= 0.3 is 12.1 Å². The molecule has 7 unspecified atom stereocenters. The van der Waals surface area contributed by atoms with E-state index >= 15 is 0 Å². The molecule has 2 saturated heterocycles. The van der Waals surface area contributed by atoms with E-state index < -0.39 is 65.7 Å². The molecule has 1 aromatic carbocycles.